The number of methoxy groups -OCH3 is 1. The molecule has 2 rings (SSSR count). The van der Waals surface area contributed by atoms with E-state index in [0.717, 1.165) is 0 Å². The van der Waals surface area contributed by atoms with E-state index < -0.39 is 0 Å². The third-order valence-corrected chi connectivity index (χ3v) is 4.31. The van der Waals surface area contributed by atoms with Crippen LogP contribution in [-0.4, -0.2) is 13.2 Å². The van der Waals surface area contributed by atoms with Crippen LogP contribution in [-0.2, 0) is 6.54 Å². The van der Waals surface area contributed by atoms with Gasteiger partial charge in [0, 0.05) is 18.2 Å². The lowest BCUT2D eigenvalue weighted by molar-refractivity contribution is 0.166. The third kappa shape index (κ3) is 3.27. The zero-order valence-electron chi connectivity index (χ0n) is 12.1. The van der Waals surface area contributed by atoms with E-state index in [4.69, 9.17) is 4.74 Å². The van der Waals surface area contributed by atoms with Gasteiger partial charge in [-0.05, 0) is 24.3 Å². The van der Waals surface area contributed by atoms with Crippen molar-refractivity contribution in [1.82, 2.24) is 5.32 Å². The van der Waals surface area contributed by atoms with E-state index in [2.05, 4.69) is 19.2 Å². The van der Waals surface area contributed by atoms with Crippen molar-refractivity contribution in [1.29, 1.82) is 0 Å². The van der Waals surface area contributed by atoms with Crippen LogP contribution in [0.3, 0.4) is 0 Å². The number of benzene rings is 1. The molecule has 1 atom stereocenters. The summed E-state index contributed by atoms with van der Waals surface area (Å²) in [5.74, 6) is 0.0771. The minimum absolute atomic E-state index is 0.244. The van der Waals surface area contributed by atoms with Gasteiger partial charge in [-0.2, -0.15) is 0 Å². The number of rotatable bonds is 4. The second-order valence-electron chi connectivity index (χ2n) is 6.10. The van der Waals surface area contributed by atoms with Gasteiger partial charge < -0.3 is 10.1 Å². The van der Waals surface area contributed by atoms with Crippen LogP contribution in [0.2, 0.25) is 0 Å². The summed E-state index contributed by atoms with van der Waals surface area (Å²) < 4.78 is 19.1. The molecular formula is C16H24FNO. The number of halogens is 1. The van der Waals surface area contributed by atoms with Gasteiger partial charge in [0.25, 0.3) is 0 Å². The molecule has 1 aliphatic carbocycles. The molecule has 0 saturated heterocycles. The van der Waals surface area contributed by atoms with Crippen LogP contribution in [0.4, 0.5) is 4.39 Å². The van der Waals surface area contributed by atoms with Gasteiger partial charge in [0.15, 0.2) is 11.6 Å². The molecule has 0 aliphatic heterocycles. The number of ether oxygens (including phenoxy) is 1. The first-order valence-electron chi connectivity index (χ1n) is 7.09. The van der Waals surface area contributed by atoms with Crippen molar-refractivity contribution >= 4 is 0 Å². The van der Waals surface area contributed by atoms with Crippen molar-refractivity contribution in [2.45, 2.75) is 52.1 Å². The van der Waals surface area contributed by atoms with Gasteiger partial charge in [-0.15, -0.1) is 0 Å². The van der Waals surface area contributed by atoms with Crippen molar-refractivity contribution in [2.24, 2.45) is 5.41 Å². The fourth-order valence-corrected chi connectivity index (χ4v) is 2.96. The lowest BCUT2D eigenvalue weighted by Gasteiger charge is -2.39. The van der Waals surface area contributed by atoms with Gasteiger partial charge >= 0.3 is 0 Å². The van der Waals surface area contributed by atoms with Crippen molar-refractivity contribution < 1.29 is 9.13 Å². The Bertz CT molecular complexity index is 431. The minimum Gasteiger partial charge on any atom is -0.494 e. The molecule has 0 bridgehead atoms. The highest BCUT2D eigenvalue weighted by Gasteiger charge is 2.31. The maximum absolute atomic E-state index is 14.1. The molecule has 19 heavy (non-hydrogen) atoms. The quantitative estimate of drug-likeness (QED) is 0.891. The average molecular weight is 265 g/mol. The van der Waals surface area contributed by atoms with Crippen LogP contribution in [0.15, 0.2) is 18.2 Å². The molecule has 1 N–H and O–H groups in total. The summed E-state index contributed by atoms with van der Waals surface area (Å²) in [5.41, 5.74) is 0.980. The molecule has 1 aromatic carbocycles. The summed E-state index contributed by atoms with van der Waals surface area (Å²) in [4.78, 5) is 0. The number of hydrogen-bond donors (Lipinski definition) is 1. The Balaban J connectivity index is 2.02. The minimum atomic E-state index is -0.244. The molecule has 0 amide bonds. The topological polar surface area (TPSA) is 21.3 Å². The van der Waals surface area contributed by atoms with Crippen molar-refractivity contribution in [2.75, 3.05) is 7.11 Å². The van der Waals surface area contributed by atoms with Crippen LogP contribution in [0, 0.1) is 11.2 Å². The molecule has 1 unspecified atom stereocenters. The molecule has 0 aromatic heterocycles. The predicted octanol–water partition coefficient (Wildman–Crippen LogP) is 3.89. The van der Waals surface area contributed by atoms with E-state index in [1.807, 2.05) is 12.1 Å². The highest BCUT2D eigenvalue weighted by molar-refractivity contribution is 5.31. The van der Waals surface area contributed by atoms with Crippen LogP contribution >= 0.6 is 0 Å². The van der Waals surface area contributed by atoms with E-state index in [1.165, 1.54) is 32.8 Å². The van der Waals surface area contributed by atoms with Gasteiger partial charge in [-0.3, -0.25) is 0 Å². The molecule has 106 valence electrons. The summed E-state index contributed by atoms with van der Waals surface area (Å²) in [6.45, 7) is 5.16. The van der Waals surface area contributed by atoms with Gasteiger partial charge in [0.2, 0.25) is 0 Å². The standard InChI is InChI=1S/C16H24FNO/c1-16(2)10-5-4-9-14(16)18-11-12-7-6-8-13(19-3)15(12)17/h6-8,14,18H,4-5,9-11H2,1-3H3. The van der Waals surface area contributed by atoms with Crippen LogP contribution < -0.4 is 10.1 Å². The van der Waals surface area contributed by atoms with Gasteiger partial charge in [0.1, 0.15) is 0 Å². The van der Waals surface area contributed by atoms with Gasteiger partial charge in [0.05, 0.1) is 7.11 Å². The summed E-state index contributed by atoms with van der Waals surface area (Å²) >= 11 is 0. The first-order chi connectivity index (χ1) is 9.04. The molecule has 0 spiro atoms. The normalized spacial score (nSPS) is 22.2. The Morgan fingerprint density at radius 1 is 1.37 bits per heavy atom. The van der Waals surface area contributed by atoms with E-state index in [1.54, 1.807) is 6.07 Å². The monoisotopic (exact) mass is 265 g/mol. The summed E-state index contributed by atoms with van der Waals surface area (Å²) in [6.07, 6.45) is 4.99. The first-order valence-corrected chi connectivity index (χ1v) is 7.09. The van der Waals surface area contributed by atoms with Crippen molar-refractivity contribution in [3.63, 3.8) is 0 Å². The van der Waals surface area contributed by atoms with Crippen LogP contribution in [0.25, 0.3) is 0 Å². The lowest BCUT2D eigenvalue weighted by atomic mass is 9.73. The SMILES string of the molecule is COc1cccc(CNC2CCCCC2(C)C)c1F. The van der Waals surface area contributed by atoms with E-state index in [-0.39, 0.29) is 5.82 Å². The molecule has 0 radical (unpaired) electrons. The van der Waals surface area contributed by atoms with Gasteiger partial charge in [-0.1, -0.05) is 38.8 Å². The summed E-state index contributed by atoms with van der Waals surface area (Å²) in [5, 5.41) is 3.52. The molecule has 1 fully saturated rings. The van der Waals surface area contributed by atoms with E-state index >= 15 is 0 Å². The fourth-order valence-electron chi connectivity index (χ4n) is 2.96. The third-order valence-electron chi connectivity index (χ3n) is 4.31. The molecule has 1 saturated carbocycles. The summed E-state index contributed by atoms with van der Waals surface area (Å²) in [7, 11) is 1.50. The van der Waals surface area contributed by atoms with Crippen molar-refractivity contribution in [3.05, 3.63) is 29.6 Å². The largest absolute Gasteiger partial charge is 0.494 e. The first kappa shape index (κ1) is 14.3. The number of hydrogen-bond acceptors (Lipinski definition) is 2. The average Bonchev–Trinajstić information content (AvgIpc) is 2.38. The second kappa shape index (κ2) is 5.91. The van der Waals surface area contributed by atoms with Gasteiger partial charge in [-0.25, -0.2) is 4.39 Å². The Kier molecular flexibility index (Phi) is 4.46. The van der Waals surface area contributed by atoms with E-state index in [9.17, 15) is 4.39 Å². The Hall–Kier alpha value is -1.09. The zero-order chi connectivity index (χ0) is 13.9. The van der Waals surface area contributed by atoms with Crippen LogP contribution in [0.1, 0.15) is 45.1 Å². The molecule has 1 aromatic rings. The highest BCUT2D eigenvalue weighted by Crippen LogP contribution is 2.35. The molecular weight excluding hydrogens is 241 g/mol. The molecule has 3 heteroatoms. The predicted molar refractivity (Wildman–Crippen MR) is 75.8 cm³/mol. The Morgan fingerprint density at radius 3 is 2.84 bits per heavy atom. The maximum atomic E-state index is 14.1. The van der Waals surface area contributed by atoms with E-state index in [0.29, 0.717) is 29.3 Å². The lowest BCUT2D eigenvalue weighted by Crippen LogP contribution is -2.43. The Morgan fingerprint density at radius 2 is 2.16 bits per heavy atom. The number of nitrogens with one attached hydrogen (secondary N) is 1. The van der Waals surface area contributed by atoms with Crippen LogP contribution in [0.5, 0.6) is 5.75 Å². The molecule has 1 aliphatic rings. The maximum Gasteiger partial charge on any atom is 0.169 e. The highest BCUT2D eigenvalue weighted by atomic mass is 19.1. The zero-order valence-corrected chi connectivity index (χ0v) is 12.1. The molecule has 0 heterocycles. The smallest absolute Gasteiger partial charge is 0.169 e. The van der Waals surface area contributed by atoms with Crippen molar-refractivity contribution in [3.8, 4) is 5.75 Å². The Labute approximate surface area is 115 Å². The fraction of sp³-hybridized carbons (Fsp3) is 0.625. The summed E-state index contributed by atoms with van der Waals surface area (Å²) in [6, 6.07) is 5.78. The second-order valence-corrected chi connectivity index (χ2v) is 6.10. The molecule has 2 nitrogen and oxygen atoms in total.